The van der Waals surface area contributed by atoms with Gasteiger partial charge in [-0.2, -0.15) is 0 Å². The van der Waals surface area contributed by atoms with Gasteiger partial charge in [-0.3, -0.25) is 0 Å². The van der Waals surface area contributed by atoms with E-state index in [9.17, 15) is 0 Å². The van der Waals surface area contributed by atoms with E-state index in [0.717, 1.165) is 41.6 Å². The molecule has 1 aromatic heterocycles. The summed E-state index contributed by atoms with van der Waals surface area (Å²) >= 11 is 13.4. The van der Waals surface area contributed by atoms with Crippen LogP contribution in [0.2, 0.25) is 10.0 Å². The predicted octanol–water partition coefficient (Wildman–Crippen LogP) is 5.07. The number of nitrogens with zero attached hydrogens (tertiary/aromatic N) is 2. The zero-order chi connectivity index (χ0) is 15.8. The second-order valence-corrected chi connectivity index (χ2v) is 6.72. The number of anilines is 1. The average Bonchev–Trinajstić information content (AvgIpc) is 2.98. The van der Waals surface area contributed by atoms with Gasteiger partial charge in [-0.1, -0.05) is 47.4 Å². The summed E-state index contributed by atoms with van der Waals surface area (Å²) in [4.78, 5) is 0. The lowest BCUT2D eigenvalue weighted by Crippen LogP contribution is -1.97. The molecule has 0 atom stereocenters. The standard InChI is InChI=1S/C15H19Cl2N3OS/c1-18-15-20-19-14(22-15)6-4-2-3-5-9-21-11-7-8-12(16)13(17)10-11/h7-8,10H,2-6,9H2,1H3,(H,18,20). The van der Waals surface area contributed by atoms with Crippen LogP contribution in [0.3, 0.4) is 0 Å². The Bertz CT molecular complexity index is 592. The van der Waals surface area contributed by atoms with Gasteiger partial charge in [0.05, 0.1) is 16.7 Å². The van der Waals surface area contributed by atoms with Gasteiger partial charge >= 0.3 is 0 Å². The maximum Gasteiger partial charge on any atom is 0.205 e. The summed E-state index contributed by atoms with van der Waals surface area (Å²) < 4.78 is 5.65. The van der Waals surface area contributed by atoms with Crippen LogP contribution >= 0.6 is 34.5 Å². The van der Waals surface area contributed by atoms with Gasteiger partial charge < -0.3 is 10.1 Å². The summed E-state index contributed by atoms with van der Waals surface area (Å²) in [5.41, 5.74) is 0. The van der Waals surface area contributed by atoms with Gasteiger partial charge in [0.2, 0.25) is 5.13 Å². The fourth-order valence-electron chi connectivity index (χ4n) is 1.94. The first kappa shape index (κ1) is 17.3. The summed E-state index contributed by atoms with van der Waals surface area (Å²) in [6.07, 6.45) is 5.45. The normalized spacial score (nSPS) is 10.7. The average molecular weight is 360 g/mol. The molecule has 2 rings (SSSR count). The number of halogens is 2. The fraction of sp³-hybridized carbons (Fsp3) is 0.467. The quantitative estimate of drug-likeness (QED) is 0.635. The molecule has 120 valence electrons. The minimum atomic E-state index is 0.525. The summed E-state index contributed by atoms with van der Waals surface area (Å²) in [5.74, 6) is 0.767. The number of aryl methyl sites for hydroxylation is 1. The van der Waals surface area contributed by atoms with Crippen molar-refractivity contribution in [3.63, 3.8) is 0 Å². The molecule has 0 aliphatic rings. The highest BCUT2D eigenvalue weighted by Crippen LogP contribution is 2.26. The van der Waals surface area contributed by atoms with Gasteiger partial charge in [0.25, 0.3) is 0 Å². The number of nitrogens with one attached hydrogen (secondary N) is 1. The van der Waals surface area contributed by atoms with Gasteiger partial charge in [-0.25, -0.2) is 0 Å². The maximum atomic E-state index is 5.94. The molecule has 1 aromatic carbocycles. The molecule has 0 spiro atoms. The molecule has 0 aliphatic carbocycles. The Balaban J connectivity index is 1.54. The molecule has 4 nitrogen and oxygen atoms in total. The highest BCUT2D eigenvalue weighted by atomic mass is 35.5. The first-order valence-electron chi connectivity index (χ1n) is 7.27. The summed E-state index contributed by atoms with van der Waals surface area (Å²) in [7, 11) is 1.86. The van der Waals surface area contributed by atoms with Crippen molar-refractivity contribution in [2.45, 2.75) is 32.1 Å². The Morgan fingerprint density at radius 2 is 1.91 bits per heavy atom. The molecule has 0 aliphatic heterocycles. The fourth-order valence-corrected chi connectivity index (χ4v) is 2.97. The van der Waals surface area contributed by atoms with E-state index < -0.39 is 0 Å². The third-order valence-electron chi connectivity index (χ3n) is 3.13. The zero-order valence-corrected chi connectivity index (χ0v) is 14.8. The minimum Gasteiger partial charge on any atom is -0.494 e. The van der Waals surface area contributed by atoms with E-state index in [2.05, 4.69) is 15.5 Å². The molecule has 1 N–H and O–H groups in total. The van der Waals surface area contributed by atoms with E-state index >= 15 is 0 Å². The number of ether oxygens (including phenoxy) is 1. The SMILES string of the molecule is CNc1nnc(CCCCCCOc2ccc(Cl)c(Cl)c2)s1. The maximum absolute atomic E-state index is 5.94. The lowest BCUT2D eigenvalue weighted by Gasteiger charge is -2.06. The molecule has 22 heavy (non-hydrogen) atoms. The zero-order valence-electron chi connectivity index (χ0n) is 12.4. The van der Waals surface area contributed by atoms with Gasteiger partial charge in [-0.15, -0.1) is 10.2 Å². The van der Waals surface area contributed by atoms with Gasteiger partial charge in [0.1, 0.15) is 10.8 Å². The van der Waals surface area contributed by atoms with Gasteiger partial charge in [0, 0.05) is 19.5 Å². The first-order valence-corrected chi connectivity index (χ1v) is 8.84. The third-order valence-corrected chi connectivity index (χ3v) is 4.87. The summed E-state index contributed by atoms with van der Waals surface area (Å²) in [6, 6.07) is 5.34. The van der Waals surface area contributed by atoms with E-state index in [1.807, 2.05) is 13.1 Å². The van der Waals surface area contributed by atoms with E-state index in [0.29, 0.717) is 16.7 Å². The van der Waals surface area contributed by atoms with Crippen molar-refractivity contribution in [1.82, 2.24) is 10.2 Å². The van der Waals surface area contributed by atoms with E-state index in [-0.39, 0.29) is 0 Å². The number of hydrogen-bond donors (Lipinski definition) is 1. The van der Waals surface area contributed by atoms with Crippen LogP contribution in [-0.4, -0.2) is 23.9 Å². The minimum absolute atomic E-state index is 0.525. The highest BCUT2D eigenvalue weighted by molar-refractivity contribution is 7.15. The lowest BCUT2D eigenvalue weighted by molar-refractivity contribution is 0.304. The number of unbranched alkanes of at least 4 members (excludes halogenated alkanes) is 3. The monoisotopic (exact) mass is 359 g/mol. The number of benzene rings is 1. The first-order chi connectivity index (χ1) is 10.7. The van der Waals surface area contributed by atoms with Crippen LogP contribution in [-0.2, 0) is 6.42 Å². The van der Waals surface area contributed by atoms with Crippen molar-refractivity contribution < 1.29 is 4.74 Å². The van der Waals surface area contributed by atoms with Crippen LogP contribution in [0.25, 0.3) is 0 Å². The largest absolute Gasteiger partial charge is 0.494 e. The molecule has 0 radical (unpaired) electrons. The van der Waals surface area contributed by atoms with Crippen LogP contribution in [0, 0.1) is 0 Å². The Hall–Kier alpha value is -1.04. The van der Waals surface area contributed by atoms with Crippen LogP contribution in [0.5, 0.6) is 5.75 Å². The Morgan fingerprint density at radius 3 is 2.64 bits per heavy atom. The van der Waals surface area contributed by atoms with E-state index in [1.165, 1.54) is 6.42 Å². The molecule has 0 saturated carbocycles. The van der Waals surface area contributed by atoms with Crippen LogP contribution in [0.15, 0.2) is 18.2 Å². The smallest absolute Gasteiger partial charge is 0.205 e. The molecule has 0 amide bonds. The van der Waals surface area contributed by atoms with Crippen molar-refractivity contribution in [3.8, 4) is 5.75 Å². The van der Waals surface area contributed by atoms with Crippen LogP contribution in [0.4, 0.5) is 5.13 Å². The Kier molecular flexibility index (Phi) is 7.22. The van der Waals surface area contributed by atoms with Crippen molar-refractivity contribution in [2.24, 2.45) is 0 Å². The second-order valence-electron chi connectivity index (χ2n) is 4.84. The van der Waals surface area contributed by atoms with Gasteiger partial charge in [-0.05, 0) is 25.0 Å². The number of rotatable bonds is 9. The van der Waals surface area contributed by atoms with E-state index in [4.69, 9.17) is 27.9 Å². The molecule has 2 aromatic rings. The molecular weight excluding hydrogens is 341 g/mol. The molecule has 0 saturated heterocycles. The Morgan fingerprint density at radius 1 is 1.09 bits per heavy atom. The summed E-state index contributed by atoms with van der Waals surface area (Å²) in [5, 5.41) is 14.2. The van der Waals surface area contributed by atoms with Crippen molar-refractivity contribution in [3.05, 3.63) is 33.3 Å². The van der Waals surface area contributed by atoms with Crippen molar-refractivity contribution in [2.75, 3.05) is 19.0 Å². The van der Waals surface area contributed by atoms with Crippen molar-refractivity contribution >= 4 is 39.7 Å². The summed E-state index contributed by atoms with van der Waals surface area (Å²) in [6.45, 7) is 0.695. The van der Waals surface area contributed by atoms with Gasteiger partial charge in [0.15, 0.2) is 0 Å². The second kappa shape index (κ2) is 9.18. The van der Waals surface area contributed by atoms with Crippen LogP contribution in [0.1, 0.15) is 30.7 Å². The molecule has 0 unspecified atom stereocenters. The van der Waals surface area contributed by atoms with E-state index in [1.54, 1.807) is 23.5 Å². The Labute approximate surface area is 144 Å². The van der Waals surface area contributed by atoms with Crippen LogP contribution < -0.4 is 10.1 Å². The molecular formula is C15H19Cl2N3OS. The topological polar surface area (TPSA) is 47.0 Å². The molecule has 0 bridgehead atoms. The molecule has 7 heteroatoms. The third kappa shape index (κ3) is 5.63. The molecule has 1 heterocycles. The number of hydrogen-bond acceptors (Lipinski definition) is 5. The lowest BCUT2D eigenvalue weighted by atomic mass is 10.1. The number of aromatic nitrogens is 2. The highest BCUT2D eigenvalue weighted by Gasteiger charge is 2.02. The van der Waals surface area contributed by atoms with Crippen molar-refractivity contribution in [1.29, 1.82) is 0 Å². The predicted molar refractivity (Wildman–Crippen MR) is 93.6 cm³/mol. The molecule has 0 fully saturated rings.